The SMILES string of the molecule is CCC(N=[N+]=[N-])C(=O)c1ccccc1. The summed E-state index contributed by atoms with van der Waals surface area (Å²) in [6, 6.07) is 8.27. The van der Waals surface area contributed by atoms with E-state index in [1.54, 1.807) is 24.3 Å². The molecule has 1 aromatic rings. The summed E-state index contributed by atoms with van der Waals surface area (Å²) >= 11 is 0. The highest BCUT2D eigenvalue weighted by molar-refractivity contribution is 6.00. The van der Waals surface area contributed by atoms with Crippen molar-refractivity contribution < 1.29 is 4.79 Å². The summed E-state index contributed by atoms with van der Waals surface area (Å²) in [5.41, 5.74) is 8.86. The van der Waals surface area contributed by atoms with Crippen LogP contribution in [0.5, 0.6) is 0 Å². The largest absolute Gasteiger partial charge is 0.294 e. The number of benzene rings is 1. The van der Waals surface area contributed by atoms with Crippen LogP contribution in [0.1, 0.15) is 23.7 Å². The predicted molar refractivity (Wildman–Crippen MR) is 54.0 cm³/mol. The number of carbonyl (C=O) groups excluding carboxylic acids is 1. The average Bonchev–Trinajstić information content (AvgIpc) is 2.26. The summed E-state index contributed by atoms with van der Waals surface area (Å²) < 4.78 is 0. The zero-order valence-corrected chi connectivity index (χ0v) is 7.92. The molecule has 1 rings (SSSR count). The van der Waals surface area contributed by atoms with Crippen LogP contribution in [0, 0.1) is 0 Å². The topological polar surface area (TPSA) is 65.8 Å². The van der Waals surface area contributed by atoms with E-state index in [4.69, 9.17) is 5.53 Å². The second-order valence-electron chi connectivity index (χ2n) is 2.86. The molecular weight excluding hydrogens is 178 g/mol. The predicted octanol–water partition coefficient (Wildman–Crippen LogP) is 2.96. The van der Waals surface area contributed by atoms with E-state index in [1.807, 2.05) is 13.0 Å². The van der Waals surface area contributed by atoms with Crippen molar-refractivity contribution >= 4 is 5.78 Å². The second kappa shape index (κ2) is 5.04. The number of azide groups is 1. The molecular formula is C10H11N3O. The normalized spacial score (nSPS) is 11.5. The highest BCUT2D eigenvalue weighted by Crippen LogP contribution is 2.08. The molecule has 0 saturated heterocycles. The Hall–Kier alpha value is -1.80. The first-order valence-corrected chi connectivity index (χ1v) is 4.43. The molecule has 14 heavy (non-hydrogen) atoms. The molecule has 0 fully saturated rings. The van der Waals surface area contributed by atoms with Gasteiger partial charge < -0.3 is 0 Å². The lowest BCUT2D eigenvalue weighted by Crippen LogP contribution is -2.16. The Bertz CT molecular complexity index is 355. The smallest absolute Gasteiger partial charge is 0.171 e. The van der Waals surface area contributed by atoms with Gasteiger partial charge in [-0.2, -0.15) is 0 Å². The molecule has 1 unspecified atom stereocenters. The number of hydrogen-bond donors (Lipinski definition) is 0. The van der Waals surface area contributed by atoms with Gasteiger partial charge in [-0.05, 0) is 12.0 Å². The highest BCUT2D eigenvalue weighted by atomic mass is 16.1. The minimum absolute atomic E-state index is 0.120. The number of ketones is 1. The third-order valence-corrected chi connectivity index (χ3v) is 1.94. The van der Waals surface area contributed by atoms with Crippen molar-refractivity contribution in [3.63, 3.8) is 0 Å². The molecule has 4 nitrogen and oxygen atoms in total. The van der Waals surface area contributed by atoms with Crippen molar-refractivity contribution in [2.45, 2.75) is 19.4 Å². The Balaban J connectivity index is 2.89. The minimum atomic E-state index is -0.581. The summed E-state index contributed by atoms with van der Waals surface area (Å²) in [7, 11) is 0. The fraction of sp³-hybridized carbons (Fsp3) is 0.300. The minimum Gasteiger partial charge on any atom is -0.294 e. The van der Waals surface area contributed by atoms with Crippen molar-refractivity contribution in [2.75, 3.05) is 0 Å². The molecule has 0 heterocycles. The van der Waals surface area contributed by atoms with Crippen molar-refractivity contribution in [1.29, 1.82) is 0 Å². The van der Waals surface area contributed by atoms with Crippen LogP contribution in [0.4, 0.5) is 0 Å². The van der Waals surface area contributed by atoms with Crippen LogP contribution in [0.3, 0.4) is 0 Å². The Kier molecular flexibility index (Phi) is 3.70. The molecule has 0 saturated carbocycles. The van der Waals surface area contributed by atoms with Crippen LogP contribution in [0.15, 0.2) is 35.4 Å². The van der Waals surface area contributed by atoms with Crippen LogP contribution >= 0.6 is 0 Å². The van der Waals surface area contributed by atoms with Crippen molar-refractivity contribution in [3.05, 3.63) is 46.3 Å². The van der Waals surface area contributed by atoms with Crippen molar-refractivity contribution in [2.24, 2.45) is 5.11 Å². The van der Waals surface area contributed by atoms with Gasteiger partial charge >= 0.3 is 0 Å². The quantitative estimate of drug-likeness (QED) is 0.311. The van der Waals surface area contributed by atoms with Gasteiger partial charge in [0.15, 0.2) is 5.78 Å². The first-order chi connectivity index (χ1) is 6.79. The molecule has 0 bridgehead atoms. The number of carbonyl (C=O) groups is 1. The molecule has 0 aromatic heterocycles. The zero-order valence-electron chi connectivity index (χ0n) is 7.92. The van der Waals surface area contributed by atoms with Gasteiger partial charge in [-0.1, -0.05) is 42.4 Å². The maximum Gasteiger partial charge on any atom is 0.171 e. The molecule has 0 amide bonds. The van der Waals surface area contributed by atoms with E-state index in [0.717, 1.165) is 0 Å². The maximum atomic E-state index is 11.7. The molecule has 0 aliphatic carbocycles. The third kappa shape index (κ3) is 2.34. The van der Waals surface area contributed by atoms with Gasteiger partial charge in [0.05, 0.1) is 0 Å². The van der Waals surface area contributed by atoms with E-state index < -0.39 is 6.04 Å². The Morgan fingerprint density at radius 1 is 1.50 bits per heavy atom. The first kappa shape index (κ1) is 10.3. The highest BCUT2D eigenvalue weighted by Gasteiger charge is 2.15. The third-order valence-electron chi connectivity index (χ3n) is 1.94. The molecule has 0 spiro atoms. The molecule has 4 heteroatoms. The Morgan fingerprint density at radius 3 is 2.64 bits per heavy atom. The van der Waals surface area contributed by atoms with Crippen LogP contribution in [-0.2, 0) is 0 Å². The van der Waals surface area contributed by atoms with Crippen LogP contribution in [0.25, 0.3) is 10.4 Å². The fourth-order valence-electron chi connectivity index (χ4n) is 1.18. The van der Waals surface area contributed by atoms with Gasteiger partial charge in [0.25, 0.3) is 0 Å². The molecule has 72 valence electrons. The maximum absolute atomic E-state index is 11.7. The lowest BCUT2D eigenvalue weighted by molar-refractivity contribution is 0.0959. The fourth-order valence-corrected chi connectivity index (χ4v) is 1.18. The summed E-state index contributed by atoms with van der Waals surface area (Å²) in [4.78, 5) is 14.4. The summed E-state index contributed by atoms with van der Waals surface area (Å²) in [5.74, 6) is -0.120. The standard InChI is InChI=1S/C10H11N3O/c1-2-9(12-13-11)10(14)8-6-4-3-5-7-8/h3-7,9H,2H2,1H3. The molecule has 0 aliphatic heterocycles. The van der Waals surface area contributed by atoms with Gasteiger partial charge in [-0.3, -0.25) is 4.79 Å². The average molecular weight is 189 g/mol. The van der Waals surface area contributed by atoms with E-state index in [9.17, 15) is 4.79 Å². The summed E-state index contributed by atoms with van der Waals surface area (Å²) in [5, 5.41) is 3.45. The van der Waals surface area contributed by atoms with Crippen LogP contribution in [-0.4, -0.2) is 11.8 Å². The lowest BCUT2D eigenvalue weighted by Gasteiger charge is -2.06. The monoisotopic (exact) mass is 189 g/mol. The molecule has 1 aromatic carbocycles. The Labute approximate surface area is 82.2 Å². The summed E-state index contributed by atoms with van der Waals surface area (Å²) in [6.45, 7) is 1.82. The van der Waals surface area contributed by atoms with Gasteiger partial charge in [0, 0.05) is 10.5 Å². The zero-order chi connectivity index (χ0) is 10.4. The van der Waals surface area contributed by atoms with Crippen molar-refractivity contribution in [3.8, 4) is 0 Å². The number of Topliss-reactive ketones (excluding diaryl/α,β-unsaturated/α-hetero) is 1. The molecule has 1 atom stereocenters. The lowest BCUT2D eigenvalue weighted by atomic mass is 10.0. The Morgan fingerprint density at radius 2 is 2.14 bits per heavy atom. The van der Waals surface area contributed by atoms with E-state index >= 15 is 0 Å². The molecule has 0 radical (unpaired) electrons. The van der Waals surface area contributed by atoms with Gasteiger partial charge in [-0.15, -0.1) is 0 Å². The number of hydrogen-bond acceptors (Lipinski definition) is 2. The van der Waals surface area contributed by atoms with Gasteiger partial charge in [-0.25, -0.2) is 0 Å². The number of nitrogens with zero attached hydrogens (tertiary/aromatic N) is 3. The molecule has 0 N–H and O–H groups in total. The van der Waals surface area contributed by atoms with E-state index in [0.29, 0.717) is 12.0 Å². The van der Waals surface area contributed by atoms with Gasteiger partial charge in [0.2, 0.25) is 0 Å². The molecule has 0 aliphatic rings. The summed E-state index contributed by atoms with van der Waals surface area (Å²) in [6.07, 6.45) is 0.526. The van der Waals surface area contributed by atoms with E-state index in [2.05, 4.69) is 10.0 Å². The van der Waals surface area contributed by atoms with E-state index in [1.165, 1.54) is 0 Å². The van der Waals surface area contributed by atoms with E-state index in [-0.39, 0.29) is 5.78 Å². The van der Waals surface area contributed by atoms with Gasteiger partial charge in [0.1, 0.15) is 6.04 Å². The second-order valence-corrected chi connectivity index (χ2v) is 2.86. The first-order valence-electron chi connectivity index (χ1n) is 4.43. The number of rotatable bonds is 4. The van der Waals surface area contributed by atoms with Crippen LogP contribution < -0.4 is 0 Å². The van der Waals surface area contributed by atoms with Crippen molar-refractivity contribution in [1.82, 2.24) is 0 Å². The van der Waals surface area contributed by atoms with Crippen LogP contribution in [0.2, 0.25) is 0 Å².